The molecular weight excluding hydrogens is 302 g/mol. The highest BCUT2D eigenvalue weighted by Gasteiger charge is 2.18. The molecule has 0 bridgehead atoms. The monoisotopic (exact) mass is 314 g/mol. The first-order valence-electron chi connectivity index (χ1n) is 5.89. The van der Waals surface area contributed by atoms with Gasteiger partial charge in [0.05, 0.1) is 5.25 Å². The average molecular weight is 314 g/mol. The lowest BCUT2D eigenvalue weighted by atomic mass is 10.1. The molecule has 112 valence electrons. The lowest BCUT2D eigenvalue weighted by molar-refractivity contribution is -0.0498. The van der Waals surface area contributed by atoms with Crippen molar-refractivity contribution in [3.8, 4) is 5.75 Å². The maximum atomic E-state index is 12.2. The van der Waals surface area contributed by atoms with Crippen LogP contribution in [0.25, 0.3) is 0 Å². The summed E-state index contributed by atoms with van der Waals surface area (Å²) in [7, 11) is 0. The number of anilines is 1. The number of hydrogen-bond donors (Lipinski definition) is 2. The standard InChI is InChI=1S/C12H12F2N4O2S/c1-6(21-12-16-11(15)17-18-12)9(19)7-2-4-8(5-3-7)20-10(13)14/h2-6,10H,1H3,(H3,15,16,17,18). The van der Waals surface area contributed by atoms with Gasteiger partial charge in [0.15, 0.2) is 5.78 Å². The third-order valence-corrected chi connectivity index (χ3v) is 3.46. The first-order chi connectivity index (χ1) is 9.95. The Kier molecular flexibility index (Phi) is 4.73. The Morgan fingerprint density at radius 3 is 2.57 bits per heavy atom. The number of aromatic amines is 1. The fraction of sp³-hybridized carbons (Fsp3) is 0.250. The summed E-state index contributed by atoms with van der Waals surface area (Å²) in [5.41, 5.74) is 5.78. The van der Waals surface area contributed by atoms with E-state index in [9.17, 15) is 13.6 Å². The molecule has 2 aromatic rings. The molecule has 0 radical (unpaired) electrons. The van der Waals surface area contributed by atoms with E-state index >= 15 is 0 Å². The molecule has 0 saturated heterocycles. The summed E-state index contributed by atoms with van der Waals surface area (Å²) in [6, 6.07) is 5.51. The van der Waals surface area contributed by atoms with Crippen LogP contribution in [0.4, 0.5) is 14.7 Å². The lowest BCUT2D eigenvalue weighted by Crippen LogP contribution is -2.13. The van der Waals surface area contributed by atoms with Gasteiger partial charge in [0.1, 0.15) is 5.75 Å². The number of ketones is 1. The molecule has 6 nitrogen and oxygen atoms in total. The number of aromatic nitrogens is 3. The average Bonchev–Trinajstić information content (AvgIpc) is 2.83. The third-order valence-electron chi connectivity index (χ3n) is 2.50. The van der Waals surface area contributed by atoms with Gasteiger partial charge in [-0.2, -0.15) is 13.8 Å². The van der Waals surface area contributed by atoms with Gasteiger partial charge in [-0.25, -0.2) is 5.10 Å². The maximum Gasteiger partial charge on any atom is 0.387 e. The Morgan fingerprint density at radius 2 is 2.05 bits per heavy atom. The molecule has 0 fully saturated rings. The van der Waals surface area contributed by atoms with E-state index in [4.69, 9.17) is 5.73 Å². The largest absolute Gasteiger partial charge is 0.435 e. The number of carbonyl (C=O) groups excluding carboxylic acids is 1. The number of nitrogens with zero attached hydrogens (tertiary/aromatic N) is 2. The molecule has 21 heavy (non-hydrogen) atoms. The Bertz CT molecular complexity index is 618. The summed E-state index contributed by atoms with van der Waals surface area (Å²) >= 11 is 1.15. The van der Waals surface area contributed by atoms with Crippen LogP contribution in [0.15, 0.2) is 29.4 Å². The van der Waals surface area contributed by atoms with E-state index in [1.54, 1.807) is 6.92 Å². The van der Waals surface area contributed by atoms with Gasteiger partial charge in [-0.05, 0) is 31.2 Å². The van der Waals surface area contributed by atoms with Crippen molar-refractivity contribution in [3.63, 3.8) is 0 Å². The van der Waals surface area contributed by atoms with Gasteiger partial charge in [0, 0.05) is 5.56 Å². The van der Waals surface area contributed by atoms with Gasteiger partial charge >= 0.3 is 6.61 Å². The van der Waals surface area contributed by atoms with Crippen LogP contribution in [-0.2, 0) is 0 Å². The topological polar surface area (TPSA) is 93.9 Å². The van der Waals surface area contributed by atoms with Gasteiger partial charge in [0.25, 0.3) is 0 Å². The predicted octanol–water partition coefficient (Wildman–Crippen LogP) is 2.35. The molecule has 1 aromatic carbocycles. The number of hydrogen-bond acceptors (Lipinski definition) is 6. The van der Waals surface area contributed by atoms with Gasteiger partial charge in [-0.15, -0.1) is 5.10 Å². The predicted molar refractivity (Wildman–Crippen MR) is 73.5 cm³/mol. The number of halogens is 2. The zero-order valence-corrected chi connectivity index (χ0v) is 11.7. The molecule has 2 rings (SSSR count). The zero-order chi connectivity index (χ0) is 15.4. The van der Waals surface area contributed by atoms with Crippen molar-refractivity contribution in [2.24, 2.45) is 0 Å². The Labute approximate surface area is 123 Å². The fourth-order valence-electron chi connectivity index (χ4n) is 1.56. The van der Waals surface area contributed by atoms with Crippen molar-refractivity contribution in [1.29, 1.82) is 0 Å². The minimum atomic E-state index is -2.89. The second kappa shape index (κ2) is 6.53. The van der Waals surface area contributed by atoms with Crippen LogP contribution in [0.2, 0.25) is 0 Å². The number of Topliss-reactive ketones (excluding diaryl/α,β-unsaturated/α-hetero) is 1. The smallest absolute Gasteiger partial charge is 0.387 e. The van der Waals surface area contributed by atoms with Crippen LogP contribution >= 0.6 is 11.8 Å². The minimum absolute atomic E-state index is 0.00333. The highest BCUT2D eigenvalue weighted by Crippen LogP contribution is 2.24. The summed E-state index contributed by atoms with van der Waals surface area (Å²) in [6.45, 7) is -1.19. The normalized spacial score (nSPS) is 12.4. The number of carbonyl (C=O) groups is 1. The van der Waals surface area contributed by atoms with Crippen molar-refractivity contribution in [1.82, 2.24) is 15.2 Å². The number of H-pyrrole nitrogens is 1. The second-order valence-electron chi connectivity index (χ2n) is 4.03. The molecule has 0 aliphatic carbocycles. The number of nitrogens with one attached hydrogen (secondary N) is 1. The van der Waals surface area contributed by atoms with Crippen molar-refractivity contribution >= 4 is 23.5 Å². The Balaban J connectivity index is 2.01. The molecule has 0 saturated carbocycles. The van der Waals surface area contributed by atoms with E-state index in [1.165, 1.54) is 24.3 Å². The van der Waals surface area contributed by atoms with Crippen molar-refractivity contribution in [3.05, 3.63) is 29.8 Å². The maximum absolute atomic E-state index is 12.2. The number of alkyl halides is 2. The number of ether oxygens (including phenoxy) is 1. The van der Waals surface area contributed by atoms with E-state index in [2.05, 4.69) is 19.9 Å². The van der Waals surface area contributed by atoms with Gasteiger partial charge in [-0.3, -0.25) is 4.79 Å². The molecule has 0 aliphatic heterocycles. The van der Waals surface area contributed by atoms with Crippen LogP contribution in [0.1, 0.15) is 17.3 Å². The van der Waals surface area contributed by atoms with Crippen LogP contribution in [-0.4, -0.2) is 32.8 Å². The molecule has 1 atom stereocenters. The van der Waals surface area contributed by atoms with Crippen LogP contribution in [0.5, 0.6) is 5.75 Å². The van der Waals surface area contributed by atoms with Crippen LogP contribution in [0.3, 0.4) is 0 Å². The van der Waals surface area contributed by atoms with Crippen molar-refractivity contribution in [2.75, 3.05) is 5.73 Å². The molecule has 3 N–H and O–H groups in total. The highest BCUT2D eigenvalue weighted by molar-refractivity contribution is 8.00. The van der Waals surface area contributed by atoms with Crippen molar-refractivity contribution < 1.29 is 18.3 Å². The highest BCUT2D eigenvalue weighted by atomic mass is 32.2. The Hall–Kier alpha value is -2.16. The van der Waals surface area contributed by atoms with Crippen LogP contribution < -0.4 is 10.5 Å². The fourth-order valence-corrected chi connectivity index (χ4v) is 2.37. The number of thioether (sulfide) groups is 1. The molecular formula is C12H12F2N4O2S. The summed E-state index contributed by atoms with van der Waals surface area (Å²) in [4.78, 5) is 16.1. The van der Waals surface area contributed by atoms with Crippen molar-refractivity contribution in [2.45, 2.75) is 23.9 Å². The number of benzene rings is 1. The SMILES string of the molecule is CC(Sc1n[nH]c(N)n1)C(=O)c1ccc(OC(F)F)cc1. The van der Waals surface area contributed by atoms with Gasteiger partial charge in [-0.1, -0.05) is 11.8 Å². The summed E-state index contributed by atoms with van der Waals surface area (Å²) in [6.07, 6.45) is 0. The lowest BCUT2D eigenvalue weighted by Gasteiger charge is -2.09. The van der Waals surface area contributed by atoms with Gasteiger partial charge < -0.3 is 10.5 Å². The number of nitrogen functional groups attached to an aromatic ring is 1. The summed E-state index contributed by atoms with van der Waals surface area (Å²) in [5.74, 6) is 0.00113. The Morgan fingerprint density at radius 1 is 1.38 bits per heavy atom. The number of rotatable bonds is 6. The summed E-state index contributed by atoms with van der Waals surface area (Å²) < 4.78 is 28.3. The van der Waals surface area contributed by atoms with E-state index in [0.717, 1.165) is 11.8 Å². The van der Waals surface area contributed by atoms with E-state index < -0.39 is 11.9 Å². The molecule has 0 amide bonds. The molecule has 9 heteroatoms. The van der Waals surface area contributed by atoms with Crippen LogP contribution in [0, 0.1) is 0 Å². The second-order valence-corrected chi connectivity index (χ2v) is 5.34. The molecule has 0 aliphatic rings. The molecule has 1 aromatic heterocycles. The van der Waals surface area contributed by atoms with E-state index in [0.29, 0.717) is 10.7 Å². The summed E-state index contributed by atoms with van der Waals surface area (Å²) in [5, 5.41) is 6.22. The molecule has 0 spiro atoms. The molecule has 1 heterocycles. The first kappa shape index (κ1) is 15.2. The quantitative estimate of drug-likeness (QED) is 0.628. The first-order valence-corrected chi connectivity index (χ1v) is 6.77. The van der Waals surface area contributed by atoms with Gasteiger partial charge in [0.2, 0.25) is 11.1 Å². The van der Waals surface area contributed by atoms with E-state index in [1.807, 2.05) is 0 Å². The third kappa shape index (κ3) is 4.15. The molecule has 1 unspecified atom stereocenters. The number of nitrogens with two attached hydrogens (primary N) is 1. The van der Waals surface area contributed by atoms with E-state index in [-0.39, 0.29) is 17.5 Å². The minimum Gasteiger partial charge on any atom is -0.435 e. The zero-order valence-electron chi connectivity index (χ0n) is 10.9.